The van der Waals surface area contributed by atoms with E-state index in [1.165, 1.54) is 18.2 Å². The van der Waals surface area contributed by atoms with E-state index in [-0.39, 0.29) is 22.3 Å². The normalized spacial score (nSPS) is 18.1. The van der Waals surface area contributed by atoms with Crippen molar-refractivity contribution in [3.05, 3.63) is 75.9 Å². The number of allylic oxidation sites excluding steroid dienone is 3. The molecule has 0 saturated heterocycles. The highest BCUT2D eigenvalue weighted by molar-refractivity contribution is 7.85. The number of benzene rings is 2. The first-order valence-corrected chi connectivity index (χ1v) is 10.2. The van der Waals surface area contributed by atoms with Crippen molar-refractivity contribution >= 4 is 27.3 Å². The Morgan fingerprint density at radius 1 is 1.00 bits per heavy atom. The van der Waals surface area contributed by atoms with Gasteiger partial charge in [0.25, 0.3) is 16.0 Å². The van der Waals surface area contributed by atoms with Crippen molar-refractivity contribution in [2.45, 2.75) is 24.2 Å². The standard InChI is InChI=1S/C21H14F2O6S/c1-10-2-4-13(30(27,28)29)9-15(10)19-14-5-3-11(24)6-16(14)21(22,23)17-7-12(25)8-18(26)20(17)19/h2-7,9,24H,8H2,1H3,(H,27,28,29). The number of fused-ring (bicyclic) bond motifs is 2. The number of phenolic OH excluding ortho intramolecular Hbond substituents is 1. The van der Waals surface area contributed by atoms with Crippen LogP contribution < -0.4 is 0 Å². The van der Waals surface area contributed by atoms with Crippen molar-refractivity contribution in [2.75, 3.05) is 0 Å². The molecule has 2 aliphatic carbocycles. The Kier molecular flexibility index (Phi) is 4.30. The topological polar surface area (TPSA) is 109 Å². The minimum atomic E-state index is -4.60. The smallest absolute Gasteiger partial charge is 0.300 e. The van der Waals surface area contributed by atoms with Crippen LogP contribution in [0.25, 0.3) is 5.57 Å². The Hall–Kier alpha value is -3.17. The van der Waals surface area contributed by atoms with Gasteiger partial charge in [-0.05, 0) is 54.0 Å². The highest BCUT2D eigenvalue weighted by Crippen LogP contribution is 2.53. The number of phenols is 1. The van der Waals surface area contributed by atoms with Gasteiger partial charge in [0.05, 0.1) is 11.3 Å². The molecule has 9 heteroatoms. The molecule has 0 amide bonds. The van der Waals surface area contributed by atoms with Crippen LogP contribution in [0.2, 0.25) is 0 Å². The number of rotatable bonds is 2. The van der Waals surface area contributed by atoms with Gasteiger partial charge < -0.3 is 5.11 Å². The molecule has 2 aromatic rings. The van der Waals surface area contributed by atoms with E-state index in [1.54, 1.807) is 6.92 Å². The maximum atomic E-state index is 15.3. The number of aromatic hydroxyl groups is 1. The minimum absolute atomic E-state index is 0.0164. The number of alkyl halides is 2. The molecule has 30 heavy (non-hydrogen) atoms. The molecule has 0 spiro atoms. The van der Waals surface area contributed by atoms with Crippen LogP contribution in [0.3, 0.4) is 0 Å². The summed E-state index contributed by atoms with van der Waals surface area (Å²) in [7, 11) is -4.60. The Morgan fingerprint density at radius 3 is 2.37 bits per heavy atom. The molecule has 0 aliphatic heterocycles. The molecule has 0 aromatic heterocycles. The second-order valence-electron chi connectivity index (χ2n) is 7.13. The number of ketones is 2. The molecular weight excluding hydrogens is 418 g/mol. The predicted octanol–water partition coefficient (Wildman–Crippen LogP) is 3.32. The zero-order chi connectivity index (χ0) is 22.0. The van der Waals surface area contributed by atoms with Gasteiger partial charge in [-0.2, -0.15) is 17.2 Å². The molecule has 2 aromatic carbocycles. The van der Waals surface area contributed by atoms with Gasteiger partial charge in [-0.15, -0.1) is 0 Å². The number of aryl methyl sites for hydroxylation is 1. The summed E-state index contributed by atoms with van der Waals surface area (Å²) in [5.74, 6) is -5.76. The van der Waals surface area contributed by atoms with Crippen LogP contribution in [0, 0.1) is 6.92 Å². The highest BCUT2D eigenvalue weighted by Gasteiger charge is 2.49. The number of halogens is 2. The average Bonchev–Trinajstić information content (AvgIpc) is 2.63. The number of hydrogen-bond acceptors (Lipinski definition) is 5. The van der Waals surface area contributed by atoms with E-state index in [2.05, 4.69) is 0 Å². The van der Waals surface area contributed by atoms with E-state index in [0.29, 0.717) is 11.6 Å². The summed E-state index contributed by atoms with van der Waals surface area (Å²) < 4.78 is 63.2. The van der Waals surface area contributed by atoms with Crippen molar-refractivity contribution in [3.8, 4) is 5.75 Å². The maximum absolute atomic E-state index is 15.3. The van der Waals surface area contributed by atoms with E-state index in [0.717, 1.165) is 18.2 Å². The number of carbonyl (C=O) groups is 2. The summed E-state index contributed by atoms with van der Waals surface area (Å²) in [5.41, 5.74) is -1.27. The third-order valence-corrected chi connectivity index (χ3v) is 6.01. The molecule has 0 saturated carbocycles. The van der Waals surface area contributed by atoms with Crippen LogP contribution in [0.5, 0.6) is 5.75 Å². The Morgan fingerprint density at radius 2 is 1.70 bits per heavy atom. The maximum Gasteiger partial charge on any atom is 0.300 e. The lowest BCUT2D eigenvalue weighted by atomic mass is 9.72. The molecule has 0 bridgehead atoms. The SMILES string of the molecule is Cc1ccc(S(=O)(=O)O)cc1C1=C2C(=O)CC(=O)C=C2C(F)(F)c2cc(O)ccc21. The fraction of sp³-hybridized carbons (Fsp3) is 0.143. The summed E-state index contributed by atoms with van der Waals surface area (Å²) in [6.45, 7) is 1.59. The first-order valence-electron chi connectivity index (χ1n) is 8.74. The van der Waals surface area contributed by atoms with E-state index in [4.69, 9.17) is 0 Å². The minimum Gasteiger partial charge on any atom is -0.508 e. The lowest BCUT2D eigenvalue weighted by molar-refractivity contribution is -0.123. The molecule has 154 valence electrons. The lowest BCUT2D eigenvalue weighted by Gasteiger charge is -2.34. The van der Waals surface area contributed by atoms with Gasteiger partial charge in [0.1, 0.15) is 5.75 Å². The van der Waals surface area contributed by atoms with E-state index >= 15 is 8.78 Å². The Bertz CT molecular complexity index is 1320. The Labute approximate surface area is 169 Å². The van der Waals surface area contributed by atoms with E-state index in [1.807, 2.05) is 0 Å². The first kappa shape index (κ1) is 20.1. The molecule has 0 unspecified atom stereocenters. The van der Waals surface area contributed by atoms with Crippen LogP contribution in [-0.4, -0.2) is 29.6 Å². The second-order valence-corrected chi connectivity index (χ2v) is 8.55. The lowest BCUT2D eigenvalue weighted by Crippen LogP contribution is -2.32. The molecule has 6 nitrogen and oxygen atoms in total. The van der Waals surface area contributed by atoms with E-state index < -0.39 is 55.8 Å². The van der Waals surface area contributed by atoms with Crippen molar-refractivity contribution in [3.63, 3.8) is 0 Å². The fourth-order valence-electron chi connectivity index (χ4n) is 3.80. The van der Waals surface area contributed by atoms with Crippen molar-refractivity contribution in [1.29, 1.82) is 0 Å². The van der Waals surface area contributed by atoms with E-state index in [9.17, 15) is 27.7 Å². The predicted molar refractivity (Wildman–Crippen MR) is 102 cm³/mol. The molecule has 4 rings (SSSR count). The van der Waals surface area contributed by atoms with Crippen LogP contribution in [-0.2, 0) is 25.6 Å². The number of Topliss-reactive ketones (excluding diaryl/α,β-unsaturated/α-hetero) is 1. The molecule has 2 aliphatic rings. The molecule has 0 atom stereocenters. The number of hydrogen-bond donors (Lipinski definition) is 2. The highest BCUT2D eigenvalue weighted by atomic mass is 32.2. The summed E-state index contributed by atoms with van der Waals surface area (Å²) in [6.07, 6.45) is 0.120. The van der Waals surface area contributed by atoms with Crippen molar-refractivity contribution in [1.82, 2.24) is 0 Å². The molecule has 0 fully saturated rings. The van der Waals surface area contributed by atoms with Crippen LogP contribution >= 0.6 is 0 Å². The fourth-order valence-corrected chi connectivity index (χ4v) is 4.31. The van der Waals surface area contributed by atoms with Crippen LogP contribution in [0.1, 0.15) is 28.7 Å². The molecule has 2 N–H and O–H groups in total. The van der Waals surface area contributed by atoms with Gasteiger partial charge in [0.15, 0.2) is 11.6 Å². The summed E-state index contributed by atoms with van der Waals surface area (Å²) in [6, 6.07) is 6.84. The average molecular weight is 432 g/mol. The summed E-state index contributed by atoms with van der Waals surface area (Å²) in [5, 5.41) is 9.77. The third-order valence-electron chi connectivity index (χ3n) is 5.16. The molecule has 0 heterocycles. The second kappa shape index (κ2) is 6.41. The number of carbonyl (C=O) groups excluding carboxylic acids is 2. The molecular formula is C21H14F2O6S. The first-order chi connectivity index (χ1) is 13.9. The quantitative estimate of drug-likeness (QED) is 0.557. The van der Waals surface area contributed by atoms with Crippen molar-refractivity contribution in [2.24, 2.45) is 0 Å². The Balaban J connectivity index is 2.18. The summed E-state index contributed by atoms with van der Waals surface area (Å²) in [4.78, 5) is 24.1. The molecule has 0 radical (unpaired) electrons. The zero-order valence-corrected chi connectivity index (χ0v) is 16.3. The zero-order valence-electron chi connectivity index (χ0n) is 15.4. The van der Waals surface area contributed by atoms with Crippen molar-refractivity contribution < 1.29 is 36.4 Å². The van der Waals surface area contributed by atoms with Gasteiger partial charge in [-0.25, -0.2) is 0 Å². The van der Waals surface area contributed by atoms with Gasteiger partial charge in [-0.1, -0.05) is 12.1 Å². The van der Waals surface area contributed by atoms with Gasteiger partial charge in [0.2, 0.25) is 0 Å². The van der Waals surface area contributed by atoms with Gasteiger partial charge >= 0.3 is 0 Å². The van der Waals surface area contributed by atoms with Gasteiger partial charge in [0, 0.05) is 22.3 Å². The largest absolute Gasteiger partial charge is 0.508 e. The third kappa shape index (κ3) is 2.98. The monoisotopic (exact) mass is 432 g/mol. The van der Waals surface area contributed by atoms with Crippen LogP contribution in [0.15, 0.2) is 58.5 Å². The van der Waals surface area contributed by atoms with Gasteiger partial charge in [-0.3, -0.25) is 14.1 Å². The summed E-state index contributed by atoms with van der Waals surface area (Å²) >= 11 is 0. The van der Waals surface area contributed by atoms with Crippen LogP contribution in [0.4, 0.5) is 8.78 Å².